The van der Waals surface area contributed by atoms with Gasteiger partial charge in [-0.3, -0.25) is 4.79 Å². The summed E-state index contributed by atoms with van der Waals surface area (Å²) in [6, 6.07) is 12.6. The molecule has 0 unspecified atom stereocenters. The van der Waals surface area contributed by atoms with Crippen molar-refractivity contribution in [3.8, 4) is 22.6 Å². The van der Waals surface area contributed by atoms with Crippen LogP contribution < -0.4 is 14.9 Å². The highest BCUT2D eigenvalue weighted by atomic mass is 16.5. The first-order valence-corrected chi connectivity index (χ1v) is 10.3. The standard InChI is InChI=1S/C26H28O5/c1-18(5-4-6-19(2)16-27)13-14-30-22-11-12-23-25(15-22)31-17-24(26(23)28)20-7-9-21(29-3)10-8-20/h6-13,15,17,27H,4-5,14,16H2,1-3H3/b18-13+,19-6+. The van der Waals surface area contributed by atoms with E-state index in [-0.39, 0.29) is 12.0 Å². The number of allylic oxidation sites excluding steroid dienone is 2. The minimum atomic E-state index is -0.0834. The topological polar surface area (TPSA) is 68.9 Å². The molecule has 1 aromatic heterocycles. The van der Waals surface area contributed by atoms with Gasteiger partial charge in [-0.1, -0.05) is 29.4 Å². The second kappa shape index (κ2) is 10.6. The van der Waals surface area contributed by atoms with Crippen molar-refractivity contribution >= 4 is 11.0 Å². The van der Waals surface area contributed by atoms with E-state index in [1.54, 1.807) is 25.3 Å². The van der Waals surface area contributed by atoms with Crippen molar-refractivity contribution in [3.05, 3.63) is 82.2 Å². The van der Waals surface area contributed by atoms with Crippen molar-refractivity contribution in [2.75, 3.05) is 20.3 Å². The van der Waals surface area contributed by atoms with Gasteiger partial charge in [-0.15, -0.1) is 0 Å². The molecule has 5 heteroatoms. The van der Waals surface area contributed by atoms with Crippen molar-refractivity contribution in [2.24, 2.45) is 0 Å². The molecule has 0 bridgehead atoms. The lowest BCUT2D eigenvalue weighted by Crippen LogP contribution is -2.05. The minimum Gasteiger partial charge on any atom is -0.497 e. The van der Waals surface area contributed by atoms with Crippen molar-refractivity contribution in [2.45, 2.75) is 26.7 Å². The number of hydrogen-bond acceptors (Lipinski definition) is 5. The number of methoxy groups -OCH3 is 1. The van der Waals surface area contributed by atoms with E-state index in [2.05, 4.69) is 6.92 Å². The van der Waals surface area contributed by atoms with E-state index in [1.165, 1.54) is 11.8 Å². The summed E-state index contributed by atoms with van der Waals surface area (Å²) in [5, 5.41) is 9.53. The summed E-state index contributed by atoms with van der Waals surface area (Å²) in [6.07, 6.45) is 7.38. The predicted molar refractivity (Wildman–Crippen MR) is 124 cm³/mol. The van der Waals surface area contributed by atoms with Gasteiger partial charge in [-0.05, 0) is 62.6 Å². The Labute approximate surface area is 182 Å². The molecule has 31 heavy (non-hydrogen) atoms. The van der Waals surface area contributed by atoms with Gasteiger partial charge in [0.25, 0.3) is 0 Å². The predicted octanol–water partition coefficient (Wildman–Crippen LogP) is 5.51. The molecule has 0 aliphatic heterocycles. The molecule has 3 rings (SSSR count). The zero-order valence-electron chi connectivity index (χ0n) is 18.2. The Kier molecular flexibility index (Phi) is 7.68. The van der Waals surface area contributed by atoms with E-state index in [0.29, 0.717) is 28.9 Å². The van der Waals surface area contributed by atoms with Crippen LogP contribution in [0, 0.1) is 0 Å². The molecule has 3 aromatic rings. The maximum Gasteiger partial charge on any atom is 0.200 e. The first-order chi connectivity index (χ1) is 15.0. The van der Waals surface area contributed by atoms with Gasteiger partial charge in [0.2, 0.25) is 0 Å². The largest absolute Gasteiger partial charge is 0.497 e. The number of aliphatic hydroxyl groups is 1. The fourth-order valence-corrected chi connectivity index (χ4v) is 3.16. The van der Waals surface area contributed by atoms with Crippen LogP contribution in [0.15, 0.2) is 81.2 Å². The molecule has 0 radical (unpaired) electrons. The van der Waals surface area contributed by atoms with Crippen LogP contribution in [0.5, 0.6) is 11.5 Å². The number of ether oxygens (including phenoxy) is 2. The third-order valence-electron chi connectivity index (χ3n) is 5.11. The second-order valence-corrected chi connectivity index (χ2v) is 7.47. The van der Waals surface area contributed by atoms with E-state index in [0.717, 1.165) is 29.7 Å². The lowest BCUT2D eigenvalue weighted by Gasteiger charge is -2.07. The summed E-state index contributed by atoms with van der Waals surface area (Å²) < 4.78 is 16.7. The summed E-state index contributed by atoms with van der Waals surface area (Å²) in [4.78, 5) is 12.9. The molecule has 0 aliphatic rings. The number of rotatable bonds is 9. The summed E-state index contributed by atoms with van der Waals surface area (Å²) in [5.74, 6) is 1.38. The molecule has 0 saturated heterocycles. The molecule has 5 nitrogen and oxygen atoms in total. The second-order valence-electron chi connectivity index (χ2n) is 7.47. The zero-order chi connectivity index (χ0) is 22.2. The molecule has 0 saturated carbocycles. The third kappa shape index (κ3) is 5.86. The van der Waals surface area contributed by atoms with Gasteiger partial charge >= 0.3 is 0 Å². The molecule has 0 atom stereocenters. The van der Waals surface area contributed by atoms with Gasteiger partial charge in [-0.2, -0.15) is 0 Å². The zero-order valence-corrected chi connectivity index (χ0v) is 18.2. The third-order valence-corrected chi connectivity index (χ3v) is 5.11. The average molecular weight is 421 g/mol. The van der Waals surface area contributed by atoms with Gasteiger partial charge in [0, 0.05) is 6.07 Å². The maximum atomic E-state index is 12.9. The van der Waals surface area contributed by atoms with E-state index in [4.69, 9.17) is 19.0 Å². The molecule has 1 heterocycles. The van der Waals surface area contributed by atoms with Gasteiger partial charge in [0.15, 0.2) is 5.43 Å². The average Bonchev–Trinajstić information content (AvgIpc) is 2.79. The summed E-state index contributed by atoms with van der Waals surface area (Å²) in [6.45, 7) is 4.52. The first kappa shape index (κ1) is 22.4. The normalized spacial score (nSPS) is 12.3. The minimum absolute atomic E-state index is 0.0834. The summed E-state index contributed by atoms with van der Waals surface area (Å²) in [7, 11) is 1.60. The maximum absolute atomic E-state index is 12.9. The highest BCUT2D eigenvalue weighted by Gasteiger charge is 2.10. The number of benzene rings is 2. The van der Waals surface area contributed by atoms with Crippen molar-refractivity contribution < 1.29 is 19.0 Å². The number of fused-ring (bicyclic) bond motifs is 1. The van der Waals surface area contributed by atoms with Gasteiger partial charge in [0.05, 0.1) is 24.7 Å². The van der Waals surface area contributed by atoms with Gasteiger partial charge < -0.3 is 19.0 Å². The Bertz CT molecular complexity index is 1140. The van der Waals surface area contributed by atoms with Crippen LogP contribution in [0.2, 0.25) is 0 Å². The van der Waals surface area contributed by atoms with Gasteiger partial charge in [0.1, 0.15) is 30.0 Å². The molecule has 0 aliphatic carbocycles. The Balaban J connectivity index is 1.69. The summed E-state index contributed by atoms with van der Waals surface area (Å²) in [5.41, 5.74) is 3.90. The SMILES string of the molecule is COc1ccc(-c2coc3cc(OC/C=C(\C)CC/C=C(\C)CO)ccc3c2=O)cc1. The molecular weight excluding hydrogens is 392 g/mol. The molecule has 2 aromatic carbocycles. The Hall–Kier alpha value is -3.31. The smallest absolute Gasteiger partial charge is 0.200 e. The fourth-order valence-electron chi connectivity index (χ4n) is 3.16. The molecule has 0 amide bonds. The molecule has 0 spiro atoms. The Morgan fingerprint density at radius 1 is 1.03 bits per heavy atom. The molecule has 162 valence electrons. The van der Waals surface area contributed by atoms with Crippen molar-refractivity contribution in [1.29, 1.82) is 0 Å². The fraction of sp³-hybridized carbons (Fsp3) is 0.269. The van der Waals surface area contributed by atoms with Crippen molar-refractivity contribution in [3.63, 3.8) is 0 Å². The van der Waals surface area contributed by atoms with E-state index in [1.807, 2.05) is 43.3 Å². The van der Waals surface area contributed by atoms with Crippen LogP contribution >= 0.6 is 0 Å². The van der Waals surface area contributed by atoms with Crippen LogP contribution in [0.3, 0.4) is 0 Å². The number of hydrogen-bond donors (Lipinski definition) is 1. The monoisotopic (exact) mass is 420 g/mol. The van der Waals surface area contributed by atoms with Crippen LogP contribution in [0.1, 0.15) is 26.7 Å². The highest BCUT2D eigenvalue weighted by molar-refractivity contribution is 5.82. The molecular formula is C26H28O5. The molecule has 0 fully saturated rings. The van der Waals surface area contributed by atoms with Gasteiger partial charge in [-0.25, -0.2) is 0 Å². The number of aliphatic hydroxyl groups excluding tert-OH is 1. The van der Waals surface area contributed by atoms with Crippen LogP contribution in [-0.2, 0) is 0 Å². The Morgan fingerprint density at radius 3 is 2.48 bits per heavy atom. The van der Waals surface area contributed by atoms with E-state index >= 15 is 0 Å². The quantitative estimate of drug-likeness (QED) is 0.462. The van der Waals surface area contributed by atoms with Crippen LogP contribution in [0.25, 0.3) is 22.1 Å². The lowest BCUT2D eigenvalue weighted by atomic mass is 10.1. The van der Waals surface area contributed by atoms with E-state index in [9.17, 15) is 4.79 Å². The molecule has 1 N–H and O–H groups in total. The van der Waals surface area contributed by atoms with E-state index < -0.39 is 0 Å². The van der Waals surface area contributed by atoms with Crippen LogP contribution in [0.4, 0.5) is 0 Å². The highest BCUT2D eigenvalue weighted by Crippen LogP contribution is 2.24. The Morgan fingerprint density at radius 2 is 1.77 bits per heavy atom. The van der Waals surface area contributed by atoms with Crippen LogP contribution in [-0.4, -0.2) is 25.4 Å². The lowest BCUT2D eigenvalue weighted by molar-refractivity contribution is 0.331. The van der Waals surface area contributed by atoms with Crippen molar-refractivity contribution in [1.82, 2.24) is 0 Å². The first-order valence-electron chi connectivity index (χ1n) is 10.3. The summed E-state index contributed by atoms with van der Waals surface area (Å²) >= 11 is 0.